The maximum absolute atomic E-state index is 5.59. The van der Waals surface area contributed by atoms with Gasteiger partial charge in [-0.15, -0.1) is 0 Å². The van der Waals surface area contributed by atoms with Crippen LogP contribution in [0.15, 0.2) is 288 Å². The number of rotatable bonds is 4. The van der Waals surface area contributed by atoms with Crippen LogP contribution in [0.1, 0.15) is 74.0 Å². The lowest BCUT2D eigenvalue weighted by Gasteiger charge is -2.52. The molecule has 0 N–H and O–H groups in total. The molecule has 12 aromatic carbocycles. The zero-order valence-electron chi connectivity index (χ0n) is 42.3. The zero-order chi connectivity index (χ0) is 50.7. The van der Waals surface area contributed by atoms with E-state index in [2.05, 4.69) is 273 Å². The lowest BCUT2D eigenvalue weighted by molar-refractivity contribution is 0.606. The highest BCUT2D eigenvalue weighted by molar-refractivity contribution is 7.99. The normalized spacial score (nSPS) is 15.3. The van der Waals surface area contributed by atoms with E-state index < -0.39 is 10.8 Å². The highest BCUT2D eigenvalue weighted by atomic mass is 32.2. The summed E-state index contributed by atoms with van der Waals surface area (Å²) in [7, 11) is 0. The second kappa shape index (κ2) is 17.2. The highest BCUT2D eigenvalue weighted by Gasteiger charge is 2.58. The molecule has 1 nitrogen and oxygen atoms in total. The van der Waals surface area contributed by atoms with Gasteiger partial charge in [0.25, 0.3) is 0 Å². The second-order valence-electron chi connectivity index (χ2n) is 21.0. The molecule has 2 spiro atoms. The van der Waals surface area contributed by atoms with Crippen LogP contribution in [0.5, 0.6) is 0 Å². The van der Waals surface area contributed by atoms with Gasteiger partial charge in [-0.3, -0.25) is 4.99 Å². The van der Waals surface area contributed by atoms with E-state index in [-0.39, 0.29) is 0 Å². The Morgan fingerprint density at radius 3 is 1.40 bits per heavy atom. The van der Waals surface area contributed by atoms with Crippen molar-refractivity contribution in [1.82, 2.24) is 0 Å². The van der Waals surface area contributed by atoms with E-state index >= 15 is 0 Å². The fourth-order valence-electron chi connectivity index (χ4n) is 14.2. The van der Waals surface area contributed by atoms with E-state index in [0.29, 0.717) is 0 Å². The minimum Gasteiger partial charge on any atom is -0.252 e. The largest absolute Gasteiger partial charge is 0.252 e. The molecule has 0 bridgehead atoms. The van der Waals surface area contributed by atoms with Crippen molar-refractivity contribution in [2.75, 3.05) is 0 Å². The first kappa shape index (κ1) is 44.2. The standard InChI is InChI=1S/C75H49NS/c1-2-20-50(21-3-1)71-47-51(22-18-38-70(76-71)52-44-45-58-56-25-5-4-23-54(56)55-24-6-7-26-57(55)61(58)46-52)48-40-42-49(43-41-48)53-29-19-37-69-73(53)77-72-39-17-16-36-68(72)75(69)66-34-14-12-32-64(66)74(65-33-13-15-35-67(65)75)62-30-10-8-27-59(62)60-28-9-11-31-63(60)74/h1-17,19-37,39-47H,18,38H2. The minimum absolute atomic E-state index is 0.479. The summed E-state index contributed by atoms with van der Waals surface area (Å²) >= 11 is 1.92. The lowest BCUT2D eigenvalue weighted by atomic mass is 9.51. The van der Waals surface area contributed by atoms with Crippen molar-refractivity contribution in [2.45, 2.75) is 33.5 Å². The van der Waals surface area contributed by atoms with Crippen LogP contribution in [0.4, 0.5) is 0 Å². The Morgan fingerprint density at radius 2 is 0.779 bits per heavy atom. The number of nitrogens with zero attached hydrogens (tertiary/aromatic N) is 1. The molecule has 0 fully saturated rings. The Morgan fingerprint density at radius 1 is 0.325 bits per heavy atom. The fourth-order valence-corrected chi connectivity index (χ4v) is 15.5. The first-order valence-electron chi connectivity index (χ1n) is 27.0. The van der Waals surface area contributed by atoms with Crippen molar-refractivity contribution in [3.63, 3.8) is 0 Å². The second-order valence-corrected chi connectivity index (χ2v) is 22.1. The predicted octanol–water partition coefficient (Wildman–Crippen LogP) is 19.0. The molecule has 16 rings (SSSR count). The van der Waals surface area contributed by atoms with Crippen LogP contribution in [-0.4, -0.2) is 5.71 Å². The molecular formula is C75H49NS. The first-order chi connectivity index (χ1) is 38.2. The number of hydrogen-bond acceptors (Lipinski definition) is 2. The molecule has 2 heterocycles. The maximum Gasteiger partial charge on any atom is 0.0730 e. The number of aliphatic imine (C=N–C) groups is 1. The molecule has 0 saturated carbocycles. The van der Waals surface area contributed by atoms with Crippen LogP contribution < -0.4 is 0 Å². The zero-order valence-corrected chi connectivity index (χ0v) is 43.1. The van der Waals surface area contributed by atoms with Gasteiger partial charge in [-0.2, -0.15) is 0 Å². The molecule has 0 radical (unpaired) electrons. The molecule has 4 aliphatic rings. The number of allylic oxidation sites excluding steroid dienone is 3. The smallest absolute Gasteiger partial charge is 0.0730 e. The van der Waals surface area contributed by atoms with Crippen molar-refractivity contribution >= 4 is 61.1 Å². The lowest BCUT2D eigenvalue weighted by Crippen LogP contribution is -2.45. The number of hydrogen-bond donors (Lipinski definition) is 0. The van der Waals surface area contributed by atoms with Gasteiger partial charge < -0.3 is 0 Å². The highest BCUT2D eigenvalue weighted by Crippen LogP contribution is 2.67. The Labute approximate surface area is 453 Å². The Hall–Kier alpha value is -9.08. The van der Waals surface area contributed by atoms with E-state index in [1.54, 1.807) is 0 Å². The molecule has 0 unspecified atom stereocenters. The average Bonchev–Trinajstić information content (AvgIpc) is 3.87. The SMILES string of the molecule is C1=C(c2ccc(-c3cccc4c3Sc3ccccc3C43c4ccccc4C4(c5ccccc5-c5ccccc54)c4ccccc43)cc2)C=C(c2ccccc2)N=C(c2ccc3c4ccccc4c4ccccc4c3c2)CC1. The van der Waals surface area contributed by atoms with Gasteiger partial charge in [0.1, 0.15) is 0 Å². The monoisotopic (exact) mass is 995 g/mol. The van der Waals surface area contributed by atoms with E-state index in [1.165, 1.54) is 126 Å². The molecule has 2 aliphatic heterocycles. The third-order valence-electron chi connectivity index (χ3n) is 17.3. The Balaban J connectivity index is 0.822. The summed E-state index contributed by atoms with van der Waals surface area (Å²) in [6.07, 6.45) is 6.42. The summed E-state index contributed by atoms with van der Waals surface area (Å²) in [5, 5.41) is 7.68. The molecule has 2 heteroatoms. The van der Waals surface area contributed by atoms with E-state index in [4.69, 9.17) is 4.99 Å². The fraction of sp³-hybridized carbons (Fsp3) is 0.0533. The van der Waals surface area contributed by atoms with Gasteiger partial charge in [-0.25, -0.2) is 0 Å². The van der Waals surface area contributed by atoms with Gasteiger partial charge >= 0.3 is 0 Å². The van der Waals surface area contributed by atoms with Gasteiger partial charge in [0, 0.05) is 21.1 Å². The van der Waals surface area contributed by atoms with Crippen molar-refractivity contribution in [1.29, 1.82) is 0 Å². The Kier molecular flexibility index (Phi) is 9.90. The molecule has 77 heavy (non-hydrogen) atoms. The molecule has 12 aromatic rings. The third kappa shape index (κ3) is 6.34. The summed E-state index contributed by atoms with van der Waals surface area (Å²) in [5.74, 6) is 0. The minimum atomic E-state index is -0.575. The third-order valence-corrected chi connectivity index (χ3v) is 18.5. The first-order valence-corrected chi connectivity index (χ1v) is 27.8. The van der Waals surface area contributed by atoms with Gasteiger partial charge in [0.05, 0.1) is 16.5 Å². The van der Waals surface area contributed by atoms with Crippen LogP contribution in [-0.2, 0) is 10.8 Å². The van der Waals surface area contributed by atoms with Gasteiger partial charge in [-0.05, 0) is 147 Å². The van der Waals surface area contributed by atoms with Gasteiger partial charge in [0.15, 0.2) is 0 Å². The summed E-state index contributed by atoms with van der Waals surface area (Å²) in [6, 6.07) is 97.9. The molecular weight excluding hydrogens is 947 g/mol. The van der Waals surface area contributed by atoms with Crippen LogP contribution >= 0.6 is 11.8 Å². The van der Waals surface area contributed by atoms with Gasteiger partial charge in [0.2, 0.25) is 0 Å². The van der Waals surface area contributed by atoms with Crippen molar-refractivity contribution in [2.24, 2.45) is 4.99 Å². The Bertz CT molecular complexity index is 4400. The average molecular weight is 996 g/mol. The topological polar surface area (TPSA) is 12.4 Å². The van der Waals surface area contributed by atoms with Crippen molar-refractivity contribution in [3.8, 4) is 22.3 Å². The summed E-state index contributed by atoms with van der Waals surface area (Å²) in [6.45, 7) is 0. The summed E-state index contributed by atoms with van der Waals surface area (Å²) in [4.78, 5) is 8.18. The summed E-state index contributed by atoms with van der Waals surface area (Å²) < 4.78 is 0. The summed E-state index contributed by atoms with van der Waals surface area (Å²) in [5.41, 5.74) is 21.5. The van der Waals surface area contributed by atoms with Crippen LogP contribution in [0.25, 0.3) is 65.8 Å². The van der Waals surface area contributed by atoms with E-state index in [9.17, 15) is 0 Å². The molecule has 0 atom stereocenters. The van der Waals surface area contributed by atoms with E-state index in [0.717, 1.165) is 29.8 Å². The van der Waals surface area contributed by atoms with Crippen LogP contribution in [0.3, 0.4) is 0 Å². The van der Waals surface area contributed by atoms with E-state index in [1.807, 2.05) is 11.8 Å². The van der Waals surface area contributed by atoms with Crippen molar-refractivity contribution in [3.05, 3.63) is 334 Å². The van der Waals surface area contributed by atoms with Crippen LogP contribution in [0, 0.1) is 0 Å². The maximum atomic E-state index is 5.59. The van der Waals surface area contributed by atoms with Gasteiger partial charge in [-0.1, -0.05) is 267 Å². The quantitative estimate of drug-likeness (QED) is 0.160. The number of fused-ring (bicyclic) bond motifs is 21. The molecule has 0 aromatic heterocycles. The van der Waals surface area contributed by atoms with Crippen molar-refractivity contribution < 1.29 is 0 Å². The molecule has 2 aliphatic carbocycles. The van der Waals surface area contributed by atoms with Crippen LogP contribution in [0.2, 0.25) is 0 Å². The molecule has 0 amide bonds. The predicted molar refractivity (Wildman–Crippen MR) is 322 cm³/mol. The number of benzene rings is 12. The molecule has 0 saturated heterocycles. The molecule has 360 valence electrons.